The second kappa shape index (κ2) is 3.33. The molecule has 11 heavy (non-hydrogen) atoms. The maximum absolute atomic E-state index is 2.23. The molecule has 1 radical (unpaired) electrons. The van der Waals surface area contributed by atoms with Gasteiger partial charge in [-0.3, -0.25) is 0 Å². The minimum Gasteiger partial charge on any atom is -0.186 e. The average molecular weight is 190 g/mol. The van der Waals surface area contributed by atoms with Crippen LogP contribution < -0.4 is 0 Å². The van der Waals surface area contributed by atoms with Gasteiger partial charge in [-0.05, 0) is 0 Å². The minimum atomic E-state index is 0. The van der Waals surface area contributed by atoms with Crippen LogP contribution in [0.25, 0.3) is 0 Å². The topological polar surface area (TPSA) is 0 Å². The van der Waals surface area contributed by atoms with Crippen LogP contribution in [-0.4, -0.2) is 0 Å². The monoisotopic (exact) mass is 190 g/mol. The number of benzene rings is 1. The third-order valence-corrected chi connectivity index (χ3v) is 2.25. The van der Waals surface area contributed by atoms with Crippen molar-refractivity contribution in [1.29, 1.82) is 0 Å². The van der Waals surface area contributed by atoms with Gasteiger partial charge in [0.1, 0.15) is 0 Å². The summed E-state index contributed by atoms with van der Waals surface area (Å²) in [5.41, 5.74) is 3.02. The average Bonchev–Trinajstić information content (AvgIpc) is 2.34. The van der Waals surface area contributed by atoms with Crippen molar-refractivity contribution in [3.8, 4) is 0 Å². The number of fused-ring (bicyclic) bond motifs is 1. The first kappa shape index (κ1) is 8.69. The molecule has 0 fully saturated rings. The summed E-state index contributed by atoms with van der Waals surface area (Å²) in [6.07, 6.45) is 2.52. The molecule has 0 aliphatic heterocycles. The normalized spacial score (nSPS) is 14.1. The molecular formula is C10H11Co-. The summed E-state index contributed by atoms with van der Waals surface area (Å²) in [5, 5.41) is 0. The van der Waals surface area contributed by atoms with Crippen LogP contribution >= 0.6 is 0 Å². The minimum absolute atomic E-state index is 0. The molecule has 0 bridgehead atoms. The summed E-state index contributed by atoms with van der Waals surface area (Å²) < 4.78 is 0. The standard InChI is InChI=1S/C10H11.Co/c1-8-6-7-9-4-2-3-5-10(8)9;/h2-5H,6-7H2,1H3;/q-1;. The Morgan fingerprint density at radius 2 is 2.00 bits per heavy atom. The van der Waals surface area contributed by atoms with Crippen LogP contribution in [0, 0.1) is 5.92 Å². The molecule has 61 valence electrons. The smallest absolute Gasteiger partial charge is 0 e. The zero-order chi connectivity index (χ0) is 6.97. The van der Waals surface area contributed by atoms with Crippen molar-refractivity contribution in [2.24, 2.45) is 0 Å². The van der Waals surface area contributed by atoms with Crippen molar-refractivity contribution in [3.63, 3.8) is 0 Å². The first-order valence-electron chi connectivity index (χ1n) is 3.78. The summed E-state index contributed by atoms with van der Waals surface area (Å²) in [5.74, 6) is 1.55. The third kappa shape index (κ3) is 1.44. The molecule has 0 spiro atoms. The summed E-state index contributed by atoms with van der Waals surface area (Å²) in [6, 6.07) is 8.69. The number of rotatable bonds is 0. The van der Waals surface area contributed by atoms with Gasteiger partial charge < -0.3 is 0 Å². The van der Waals surface area contributed by atoms with E-state index >= 15 is 0 Å². The molecular weight excluding hydrogens is 179 g/mol. The molecule has 1 heteroatoms. The Kier molecular flexibility index (Phi) is 2.63. The maximum Gasteiger partial charge on any atom is 0 e. The van der Waals surface area contributed by atoms with E-state index in [9.17, 15) is 0 Å². The van der Waals surface area contributed by atoms with Crippen LogP contribution in [0.2, 0.25) is 0 Å². The summed E-state index contributed by atoms with van der Waals surface area (Å²) in [4.78, 5) is 0. The van der Waals surface area contributed by atoms with Gasteiger partial charge in [0, 0.05) is 16.8 Å². The zero-order valence-corrected chi connectivity index (χ0v) is 7.60. The van der Waals surface area contributed by atoms with Crippen molar-refractivity contribution >= 4 is 0 Å². The molecule has 1 aliphatic rings. The van der Waals surface area contributed by atoms with E-state index in [-0.39, 0.29) is 16.8 Å². The van der Waals surface area contributed by atoms with Gasteiger partial charge in [0.15, 0.2) is 0 Å². The molecule has 0 atom stereocenters. The molecule has 1 aromatic rings. The number of aryl methyl sites for hydroxylation is 1. The van der Waals surface area contributed by atoms with Crippen molar-refractivity contribution in [2.45, 2.75) is 19.8 Å². The summed E-state index contributed by atoms with van der Waals surface area (Å²) >= 11 is 0. The number of hydrogen-bond donors (Lipinski definition) is 0. The fraction of sp³-hybridized carbons (Fsp3) is 0.300. The Bertz CT molecular complexity index is 242. The van der Waals surface area contributed by atoms with Crippen LogP contribution in [0.1, 0.15) is 24.5 Å². The van der Waals surface area contributed by atoms with Gasteiger partial charge >= 0.3 is 0 Å². The summed E-state index contributed by atoms with van der Waals surface area (Å²) in [6.45, 7) is 2.23. The van der Waals surface area contributed by atoms with Crippen LogP contribution in [0.4, 0.5) is 0 Å². The second-order valence-electron chi connectivity index (χ2n) is 2.94. The van der Waals surface area contributed by atoms with Crippen LogP contribution in [0.15, 0.2) is 24.3 Å². The fourth-order valence-corrected chi connectivity index (χ4v) is 1.61. The Morgan fingerprint density at radius 1 is 1.27 bits per heavy atom. The van der Waals surface area contributed by atoms with Gasteiger partial charge in [0.25, 0.3) is 0 Å². The molecule has 0 heterocycles. The van der Waals surface area contributed by atoms with Crippen molar-refractivity contribution in [2.75, 3.05) is 0 Å². The molecule has 1 aliphatic carbocycles. The largest absolute Gasteiger partial charge is 0.186 e. The Balaban J connectivity index is 0.000000605. The van der Waals surface area contributed by atoms with E-state index in [4.69, 9.17) is 0 Å². The first-order chi connectivity index (χ1) is 4.88. The van der Waals surface area contributed by atoms with Gasteiger partial charge in [0.05, 0.1) is 0 Å². The van der Waals surface area contributed by atoms with Crippen LogP contribution in [0.5, 0.6) is 0 Å². The van der Waals surface area contributed by atoms with Crippen molar-refractivity contribution in [3.05, 3.63) is 41.3 Å². The summed E-state index contributed by atoms with van der Waals surface area (Å²) in [7, 11) is 0. The zero-order valence-electron chi connectivity index (χ0n) is 6.56. The maximum atomic E-state index is 2.23. The third-order valence-electron chi connectivity index (χ3n) is 2.25. The predicted molar refractivity (Wildman–Crippen MR) is 42.8 cm³/mol. The molecule has 2 rings (SSSR count). The number of hydrogen-bond acceptors (Lipinski definition) is 0. The molecule has 0 unspecified atom stereocenters. The second-order valence-corrected chi connectivity index (χ2v) is 2.94. The first-order valence-corrected chi connectivity index (χ1v) is 3.78. The van der Waals surface area contributed by atoms with Crippen LogP contribution in [0.3, 0.4) is 0 Å². The van der Waals surface area contributed by atoms with E-state index in [0.717, 1.165) is 0 Å². The molecule has 0 N–H and O–H groups in total. The van der Waals surface area contributed by atoms with E-state index in [2.05, 4.69) is 31.2 Å². The predicted octanol–water partition coefficient (Wildman–Crippen LogP) is 2.57. The van der Waals surface area contributed by atoms with Gasteiger partial charge in [-0.1, -0.05) is 25.8 Å². The van der Waals surface area contributed by atoms with Crippen LogP contribution in [-0.2, 0) is 23.2 Å². The molecule has 0 aromatic heterocycles. The van der Waals surface area contributed by atoms with Gasteiger partial charge in [-0.15, -0.1) is 17.7 Å². The Labute approximate surface area is 78.2 Å². The van der Waals surface area contributed by atoms with E-state index < -0.39 is 0 Å². The van der Waals surface area contributed by atoms with Gasteiger partial charge in [-0.2, -0.15) is 17.5 Å². The Hall–Kier alpha value is -0.404. The SMILES string of the molecule is C[C-]1CCc2ccccc21.[Co]. The van der Waals surface area contributed by atoms with E-state index in [0.29, 0.717) is 0 Å². The van der Waals surface area contributed by atoms with Crippen molar-refractivity contribution < 1.29 is 16.8 Å². The molecule has 0 saturated carbocycles. The molecule has 0 amide bonds. The Morgan fingerprint density at radius 3 is 2.73 bits per heavy atom. The fourth-order valence-electron chi connectivity index (χ4n) is 1.61. The molecule has 0 saturated heterocycles. The van der Waals surface area contributed by atoms with Crippen molar-refractivity contribution in [1.82, 2.24) is 0 Å². The quantitative estimate of drug-likeness (QED) is 0.551. The van der Waals surface area contributed by atoms with E-state index in [1.54, 1.807) is 5.92 Å². The van der Waals surface area contributed by atoms with E-state index in [1.165, 1.54) is 24.0 Å². The van der Waals surface area contributed by atoms with Gasteiger partial charge in [-0.25, -0.2) is 0 Å². The van der Waals surface area contributed by atoms with E-state index in [1.807, 2.05) is 0 Å². The molecule has 0 nitrogen and oxygen atoms in total. The molecule has 1 aromatic carbocycles. The van der Waals surface area contributed by atoms with Gasteiger partial charge in [0.2, 0.25) is 0 Å².